The number of rotatable bonds is 3. The van der Waals surface area contributed by atoms with E-state index in [1.54, 1.807) is 0 Å². The highest BCUT2D eigenvalue weighted by Crippen LogP contribution is 2.28. The number of nitrogens with one attached hydrogen (secondary N) is 1. The van der Waals surface area contributed by atoms with Gasteiger partial charge >= 0.3 is 6.18 Å². The van der Waals surface area contributed by atoms with Gasteiger partial charge in [0.2, 0.25) is 5.91 Å². The average molecular weight is 303 g/mol. The number of hydrogen-bond donors (Lipinski definition) is 2. The van der Waals surface area contributed by atoms with Crippen LogP contribution in [0.3, 0.4) is 0 Å². The second kappa shape index (κ2) is 6.40. The number of alkyl halides is 3. The first-order valence-electron chi connectivity index (χ1n) is 6.53. The minimum atomic E-state index is -4.41. The summed E-state index contributed by atoms with van der Waals surface area (Å²) in [4.78, 5) is 15.5. The molecule has 0 spiro atoms. The Hall–Kier alpha value is -1.67. The number of nitrogens with zero attached hydrogens (tertiary/aromatic N) is 1. The van der Waals surface area contributed by atoms with Crippen molar-refractivity contribution in [2.45, 2.75) is 37.7 Å². The molecule has 5 nitrogen and oxygen atoms in total. The highest BCUT2D eigenvalue weighted by atomic mass is 19.4. The van der Waals surface area contributed by atoms with E-state index >= 15 is 0 Å². The third kappa shape index (κ3) is 4.40. The molecule has 3 N–H and O–H groups in total. The van der Waals surface area contributed by atoms with Gasteiger partial charge in [-0.1, -0.05) is 0 Å². The van der Waals surface area contributed by atoms with E-state index in [9.17, 15) is 18.0 Å². The second-order valence-electron chi connectivity index (χ2n) is 4.91. The van der Waals surface area contributed by atoms with E-state index in [0.717, 1.165) is 12.3 Å². The molecule has 8 heteroatoms. The maximum Gasteiger partial charge on any atom is 0.417 e. The summed E-state index contributed by atoms with van der Waals surface area (Å²) in [6.07, 6.45) is -2.98. The van der Waals surface area contributed by atoms with Crippen molar-refractivity contribution in [1.82, 2.24) is 10.3 Å². The van der Waals surface area contributed by atoms with Gasteiger partial charge in [0.25, 0.3) is 0 Å². The maximum atomic E-state index is 12.4. The normalized spacial score (nSPS) is 22.9. The summed E-state index contributed by atoms with van der Waals surface area (Å²) >= 11 is 0. The molecule has 2 rings (SSSR count). The van der Waals surface area contributed by atoms with E-state index in [0.29, 0.717) is 25.1 Å². The molecule has 1 amide bonds. The Balaban J connectivity index is 1.84. The first-order chi connectivity index (χ1) is 9.86. The SMILES string of the molecule is N[C@@H]1CC[C@@H](C(=O)NCc2ccc(C(F)(F)F)cn2)OC1. The number of nitrogens with two attached hydrogens (primary N) is 1. The van der Waals surface area contributed by atoms with E-state index in [2.05, 4.69) is 10.3 Å². The highest BCUT2D eigenvalue weighted by molar-refractivity contribution is 5.80. The predicted octanol–water partition coefficient (Wildman–Crippen LogP) is 1.22. The summed E-state index contributed by atoms with van der Waals surface area (Å²) in [5.74, 6) is -0.302. The molecule has 0 unspecified atom stereocenters. The zero-order chi connectivity index (χ0) is 15.5. The Morgan fingerprint density at radius 3 is 2.71 bits per heavy atom. The van der Waals surface area contributed by atoms with E-state index in [-0.39, 0.29) is 18.5 Å². The second-order valence-corrected chi connectivity index (χ2v) is 4.91. The van der Waals surface area contributed by atoms with Crippen LogP contribution in [-0.4, -0.2) is 29.6 Å². The summed E-state index contributed by atoms with van der Waals surface area (Å²) in [5, 5.41) is 2.59. The maximum absolute atomic E-state index is 12.4. The zero-order valence-corrected chi connectivity index (χ0v) is 11.2. The zero-order valence-electron chi connectivity index (χ0n) is 11.2. The van der Waals surface area contributed by atoms with Crippen LogP contribution >= 0.6 is 0 Å². The number of hydrogen-bond acceptors (Lipinski definition) is 4. The van der Waals surface area contributed by atoms with Gasteiger partial charge < -0.3 is 15.8 Å². The number of carbonyl (C=O) groups excluding carboxylic acids is 1. The first kappa shape index (κ1) is 15.7. The summed E-state index contributed by atoms with van der Waals surface area (Å²) in [6.45, 7) is 0.388. The molecule has 0 aromatic carbocycles. The number of pyridine rings is 1. The minimum absolute atomic E-state index is 0.0503. The van der Waals surface area contributed by atoms with Crippen molar-refractivity contribution in [1.29, 1.82) is 0 Å². The van der Waals surface area contributed by atoms with Crippen molar-refractivity contribution < 1.29 is 22.7 Å². The van der Waals surface area contributed by atoms with Gasteiger partial charge in [0.1, 0.15) is 6.10 Å². The minimum Gasteiger partial charge on any atom is -0.367 e. The van der Waals surface area contributed by atoms with Gasteiger partial charge in [0.15, 0.2) is 0 Å². The Labute approximate surface area is 119 Å². The van der Waals surface area contributed by atoms with Crippen LogP contribution in [-0.2, 0) is 22.3 Å². The van der Waals surface area contributed by atoms with Gasteiger partial charge in [0, 0.05) is 12.2 Å². The van der Waals surface area contributed by atoms with Crippen LogP contribution < -0.4 is 11.1 Å². The van der Waals surface area contributed by atoms with Crippen molar-refractivity contribution in [3.63, 3.8) is 0 Å². The lowest BCUT2D eigenvalue weighted by molar-refractivity contribution is -0.138. The lowest BCUT2D eigenvalue weighted by atomic mass is 10.1. The Morgan fingerprint density at radius 1 is 1.43 bits per heavy atom. The van der Waals surface area contributed by atoms with Crippen LogP contribution in [0.4, 0.5) is 13.2 Å². The molecule has 0 saturated carbocycles. The quantitative estimate of drug-likeness (QED) is 0.880. The van der Waals surface area contributed by atoms with Crippen LogP contribution in [0.1, 0.15) is 24.1 Å². The lowest BCUT2D eigenvalue weighted by Gasteiger charge is -2.25. The molecule has 0 radical (unpaired) electrons. The van der Waals surface area contributed by atoms with Gasteiger partial charge in [-0.3, -0.25) is 9.78 Å². The van der Waals surface area contributed by atoms with Gasteiger partial charge in [-0.15, -0.1) is 0 Å². The molecule has 2 atom stereocenters. The summed E-state index contributed by atoms with van der Waals surface area (Å²) < 4.78 is 42.4. The monoisotopic (exact) mass is 303 g/mol. The fraction of sp³-hybridized carbons (Fsp3) is 0.538. The smallest absolute Gasteiger partial charge is 0.367 e. The number of aromatic nitrogens is 1. The van der Waals surface area contributed by atoms with E-state index < -0.39 is 17.8 Å². The van der Waals surface area contributed by atoms with E-state index in [4.69, 9.17) is 10.5 Å². The number of ether oxygens (including phenoxy) is 1. The van der Waals surface area contributed by atoms with Crippen molar-refractivity contribution >= 4 is 5.91 Å². The van der Waals surface area contributed by atoms with Crippen molar-refractivity contribution in [3.8, 4) is 0 Å². The van der Waals surface area contributed by atoms with Crippen molar-refractivity contribution in [2.24, 2.45) is 5.73 Å². The third-order valence-corrected chi connectivity index (χ3v) is 3.20. The van der Waals surface area contributed by atoms with Gasteiger partial charge in [-0.05, 0) is 25.0 Å². The fourth-order valence-corrected chi connectivity index (χ4v) is 1.97. The number of carbonyl (C=O) groups is 1. The molecule has 1 aliphatic rings. The van der Waals surface area contributed by atoms with Crippen LogP contribution in [0.25, 0.3) is 0 Å². The fourth-order valence-electron chi connectivity index (χ4n) is 1.97. The molecule has 1 fully saturated rings. The highest BCUT2D eigenvalue weighted by Gasteiger charge is 2.30. The first-order valence-corrected chi connectivity index (χ1v) is 6.53. The topological polar surface area (TPSA) is 77.2 Å². The molecule has 1 saturated heterocycles. The van der Waals surface area contributed by atoms with Gasteiger partial charge in [0.05, 0.1) is 24.4 Å². The largest absolute Gasteiger partial charge is 0.417 e. The lowest BCUT2D eigenvalue weighted by Crippen LogP contribution is -2.43. The molecule has 2 heterocycles. The number of halogens is 3. The van der Waals surface area contributed by atoms with Gasteiger partial charge in [-0.25, -0.2) is 0 Å². The van der Waals surface area contributed by atoms with Crippen LogP contribution in [0.15, 0.2) is 18.3 Å². The van der Waals surface area contributed by atoms with E-state index in [1.165, 1.54) is 6.07 Å². The van der Waals surface area contributed by atoms with Crippen molar-refractivity contribution in [2.75, 3.05) is 6.61 Å². The Bertz CT molecular complexity index is 482. The summed E-state index contributed by atoms with van der Waals surface area (Å²) in [6, 6.07) is 2.12. The standard InChI is InChI=1S/C13H16F3N3O2/c14-13(15,16)8-1-3-10(18-5-8)6-19-12(20)11-4-2-9(17)7-21-11/h1,3,5,9,11H,2,4,6-7,17H2,(H,19,20)/t9-,11+/m1/s1. The molecular weight excluding hydrogens is 287 g/mol. The predicted molar refractivity (Wildman–Crippen MR) is 68.0 cm³/mol. The van der Waals surface area contributed by atoms with Crippen LogP contribution in [0, 0.1) is 0 Å². The molecule has 0 bridgehead atoms. The molecule has 21 heavy (non-hydrogen) atoms. The Morgan fingerprint density at radius 2 is 2.19 bits per heavy atom. The number of amides is 1. The van der Waals surface area contributed by atoms with E-state index in [1.807, 2.05) is 0 Å². The molecule has 0 aliphatic carbocycles. The molecule has 1 aromatic heterocycles. The molecular formula is C13H16F3N3O2. The van der Waals surface area contributed by atoms with Crippen LogP contribution in [0.2, 0.25) is 0 Å². The molecule has 116 valence electrons. The van der Waals surface area contributed by atoms with Gasteiger partial charge in [-0.2, -0.15) is 13.2 Å². The summed E-state index contributed by atoms with van der Waals surface area (Å²) in [7, 11) is 0. The van der Waals surface area contributed by atoms with Crippen LogP contribution in [0.5, 0.6) is 0 Å². The molecule has 1 aliphatic heterocycles. The average Bonchev–Trinajstić information content (AvgIpc) is 2.45. The Kier molecular flexibility index (Phi) is 4.79. The third-order valence-electron chi connectivity index (χ3n) is 3.20. The molecule has 1 aromatic rings. The van der Waals surface area contributed by atoms with Crippen molar-refractivity contribution in [3.05, 3.63) is 29.6 Å². The summed E-state index contributed by atoms with van der Waals surface area (Å²) in [5.41, 5.74) is 5.19.